The third-order valence-electron chi connectivity index (χ3n) is 2.54. The minimum Gasteiger partial charge on any atom is -0.347 e. The van der Waals surface area contributed by atoms with Gasteiger partial charge in [0, 0.05) is 39.6 Å². The van der Waals surface area contributed by atoms with Crippen molar-refractivity contribution in [2.45, 2.75) is 26.4 Å². The van der Waals surface area contributed by atoms with Gasteiger partial charge in [0.15, 0.2) is 0 Å². The second-order valence-electron chi connectivity index (χ2n) is 4.08. The second kappa shape index (κ2) is 5.65. The van der Waals surface area contributed by atoms with E-state index in [4.69, 9.17) is 0 Å². The predicted octanol–water partition coefficient (Wildman–Crippen LogP) is 0.258. The van der Waals surface area contributed by atoms with Gasteiger partial charge < -0.3 is 14.8 Å². The van der Waals surface area contributed by atoms with Crippen molar-refractivity contribution in [1.29, 1.82) is 0 Å². The molecule has 0 saturated carbocycles. The maximum atomic E-state index is 11.5. The molecule has 1 unspecified atom stereocenters. The summed E-state index contributed by atoms with van der Waals surface area (Å²) < 4.78 is 2.06. The van der Waals surface area contributed by atoms with Crippen LogP contribution in [0.3, 0.4) is 0 Å². The number of carbonyl (C=O) groups is 1. The van der Waals surface area contributed by atoms with Crippen LogP contribution in [0.25, 0.3) is 0 Å². The standard InChI is InChI=1S/C11H20N4O/c1-9(11(16)14(3)4)12-5-7-15-8-6-13-10(15)2/h6,8-9,12H,5,7H2,1-4H3. The molecular formula is C11H20N4O. The quantitative estimate of drug-likeness (QED) is 0.780. The molecule has 0 aromatic carbocycles. The van der Waals surface area contributed by atoms with Gasteiger partial charge >= 0.3 is 0 Å². The van der Waals surface area contributed by atoms with Crippen LogP contribution in [0, 0.1) is 6.92 Å². The normalized spacial score (nSPS) is 12.5. The molecule has 0 aliphatic carbocycles. The molecule has 0 aliphatic rings. The molecular weight excluding hydrogens is 204 g/mol. The molecule has 0 fully saturated rings. The highest BCUT2D eigenvalue weighted by Gasteiger charge is 2.13. The van der Waals surface area contributed by atoms with E-state index in [0.717, 1.165) is 18.9 Å². The first kappa shape index (κ1) is 12.7. The van der Waals surface area contributed by atoms with Gasteiger partial charge in [0.25, 0.3) is 0 Å². The van der Waals surface area contributed by atoms with Gasteiger partial charge in [0.2, 0.25) is 5.91 Å². The van der Waals surface area contributed by atoms with Crippen molar-refractivity contribution in [1.82, 2.24) is 19.8 Å². The Morgan fingerprint density at radius 3 is 2.81 bits per heavy atom. The third kappa shape index (κ3) is 3.34. The molecule has 1 amide bonds. The highest BCUT2D eigenvalue weighted by atomic mass is 16.2. The van der Waals surface area contributed by atoms with Crippen molar-refractivity contribution >= 4 is 5.91 Å². The number of imidazole rings is 1. The number of hydrogen-bond donors (Lipinski definition) is 1. The van der Waals surface area contributed by atoms with Crippen LogP contribution in [0.5, 0.6) is 0 Å². The molecule has 1 rings (SSSR count). The Morgan fingerprint density at radius 1 is 1.62 bits per heavy atom. The number of likely N-dealkylation sites (N-methyl/N-ethyl adjacent to an activating group) is 1. The van der Waals surface area contributed by atoms with Crippen molar-refractivity contribution in [2.24, 2.45) is 0 Å². The van der Waals surface area contributed by atoms with E-state index >= 15 is 0 Å². The van der Waals surface area contributed by atoms with Gasteiger partial charge in [-0.3, -0.25) is 4.79 Å². The average Bonchev–Trinajstić information content (AvgIpc) is 2.63. The summed E-state index contributed by atoms with van der Waals surface area (Å²) in [5.41, 5.74) is 0. The molecule has 16 heavy (non-hydrogen) atoms. The fourth-order valence-electron chi connectivity index (χ4n) is 1.52. The van der Waals surface area contributed by atoms with Gasteiger partial charge in [0.05, 0.1) is 6.04 Å². The summed E-state index contributed by atoms with van der Waals surface area (Å²) in [6.07, 6.45) is 3.72. The lowest BCUT2D eigenvalue weighted by Gasteiger charge is -2.18. The number of nitrogens with one attached hydrogen (secondary N) is 1. The SMILES string of the molecule is Cc1nccn1CCNC(C)C(=O)N(C)C. The first-order valence-electron chi connectivity index (χ1n) is 5.44. The largest absolute Gasteiger partial charge is 0.347 e. The van der Waals surface area contributed by atoms with Crippen LogP contribution in [0.1, 0.15) is 12.7 Å². The molecule has 1 aromatic rings. The molecule has 90 valence electrons. The zero-order valence-electron chi connectivity index (χ0n) is 10.4. The zero-order valence-corrected chi connectivity index (χ0v) is 10.4. The smallest absolute Gasteiger partial charge is 0.238 e. The topological polar surface area (TPSA) is 50.2 Å². The summed E-state index contributed by atoms with van der Waals surface area (Å²) in [6.45, 7) is 5.44. The summed E-state index contributed by atoms with van der Waals surface area (Å²) in [6, 6.07) is -0.140. The molecule has 0 aliphatic heterocycles. The number of amides is 1. The third-order valence-corrected chi connectivity index (χ3v) is 2.54. The van der Waals surface area contributed by atoms with E-state index in [-0.39, 0.29) is 11.9 Å². The Hall–Kier alpha value is -1.36. The first-order valence-corrected chi connectivity index (χ1v) is 5.44. The van der Waals surface area contributed by atoms with E-state index in [1.165, 1.54) is 0 Å². The Balaban J connectivity index is 2.31. The van der Waals surface area contributed by atoms with E-state index in [2.05, 4.69) is 14.9 Å². The molecule has 5 heteroatoms. The first-order chi connectivity index (χ1) is 7.52. The van der Waals surface area contributed by atoms with Crippen LogP contribution in [0.4, 0.5) is 0 Å². The number of hydrogen-bond acceptors (Lipinski definition) is 3. The van der Waals surface area contributed by atoms with Gasteiger partial charge in [-0.1, -0.05) is 0 Å². The fourth-order valence-corrected chi connectivity index (χ4v) is 1.52. The van der Waals surface area contributed by atoms with E-state index in [0.29, 0.717) is 0 Å². The van der Waals surface area contributed by atoms with Crippen LogP contribution < -0.4 is 5.32 Å². The Labute approximate surface area is 96.5 Å². The lowest BCUT2D eigenvalue weighted by molar-refractivity contribution is -0.130. The number of carbonyl (C=O) groups excluding carboxylic acids is 1. The average molecular weight is 224 g/mol. The second-order valence-corrected chi connectivity index (χ2v) is 4.08. The van der Waals surface area contributed by atoms with Gasteiger partial charge in [0.1, 0.15) is 5.82 Å². The van der Waals surface area contributed by atoms with Crippen molar-refractivity contribution < 1.29 is 4.79 Å². The number of nitrogens with zero attached hydrogens (tertiary/aromatic N) is 3. The highest BCUT2D eigenvalue weighted by Crippen LogP contribution is 1.94. The Bertz CT molecular complexity index is 346. The van der Waals surface area contributed by atoms with Crippen LogP contribution >= 0.6 is 0 Å². The zero-order chi connectivity index (χ0) is 12.1. The Morgan fingerprint density at radius 2 is 2.31 bits per heavy atom. The van der Waals surface area contributed by atoms with Crippen LogP contribution in [-0.4, -0.2) is 47.0 Å². The molecule has 0 bridgehead atoms. The molecule has 1 N–H and O–H groups in total. The van der Waals surface area contributed by atoms with Crippen molar-refractivity contribution in [3.05, 3.63) is 18.2 Å². The van der Waals surface area contributed by atoms with E-state index in [1.807, 2.05) is 20.0 Å². The summed E-state index contributed by atoms with van der Waals surface area (Å²) in [7, 11) is 3.53. The summed E-state index contributed by atoms with van der Waals surface area (Å²) >= 11 is 0. The monoisotopic (exact) mass is 224 g/mol. The van der Waals surface area contributed by atoms with E-state index in [9.17, 15) is 4.79 Å². The highest BCUT2D eigenvalue weighted by molar-refractivity contribution is 5.80. The fraction of sp³-hybridized carbons (Fsp3) is 0.636. The molecule has 1 aromatic heterocycles. The maximum absolute atomic E-state index is 11.5. The summed E-state index contributed by atoms with van der Waals surface area (Å²) in [4.78, 5) is 17.3. The van der Waals surface area contributed by atoms with Crippen molar-refractivity contribution in [3.8, 4) is 0 Å². The molecule has 5 nitrogen and oxygen atoms in total. The Kier molecular flexibility index (Phi) is 4.49. The lowest BCUT2D eigenvalue weighted by Crippen LogP contribution is -2.42. The number of aromatic nitrogens is 2. The minimum absolute atomic E-state index is 0.0994. The van der Waals surface area contributed by atoms with Gasteiger partial charge in [-0.05, 0) is 13.8 Å². The number of aryl methyl sites for hydroxylation is 1. The predicted molar refractivity (Wildman–Crippen MR) is 63.1 cm³/mol. The van der Waals surface area contributed by atoms with Crippen LogP contribution in [0.15, 0.2) is 12.4 Å². The van der Waals surface area contributed by atoms with Crippen molar-refractivity contribution in [3.63, 3.8) is 0 Å². The van der Waals surface area contributed by atoms with Gasteiger partial charge in [-0.2, -0.15) is 0 Å². The molecule has 1 heterocycles. The van der Waals surface area contributed by atoms with Crippen molar-refractivity contribution in [2.75, 3.05) is 20.6 Å². The molecule has 1 atom stereocenters. The summed E-state index contributed by atoms with van der Waals surface area (Å²) in [5, 5.41) is 3.19. The van der Waals surface area contributed by atoms with E-state index < -0.39 is 0 Å². The van der Waals surface area contributed by atoms with E-state index in [1.54, 1.807) is 25.2 Å². The van der Waals surface area contributed by atoms with Gasteiger partial charge in [-0.15, -0.1) is 0 Å². The lowest BCUT2D eigenvalue weighted by atomic mass is 10.3. The molecule has 0 radical (unpaired) electrons. The minimum atomic E-state index is -0.140. The number of rotatable bonds is 5. The summed E-state index contributed by atoms with van der Waals surface area (Å²) in [5.74, 6) is 1.09. The molecule has 0 spiro atoms. The van der Waals surface area contributed by atoms with Crippen LogP contribution in [-0.2, 0) is 11.3 Å². The maximum Gasteiger partial charge on any atom is 0.238 e. The van der Waals surface area contributed by atoms with Gasteiger partial charge in [-0.25, -0.2) is 4.98 Å². The molecule has 0 saturated heterocycles. The van der Waals surface area contributed by atoms with Crippen LogP contribution in [0.2, 0.25) is 0 Å².